The van der Waals surface area contributed by atoms with Crippen LogP contribution < -0.4 is 10.1 Å². The fourth-order valence-electron chi connectivity index (χ4n) is 1.68. The number of phenols is 1. The van der Waals surface area contributed by atoms with Crippen LogP contribution in [0.15, 0.2) is 16.6 Å². The quantitative estimate of drug-likeness (QED) is 0.833. The summed E-state index contributed by atoms with van der Waals surface area (Å²) in [4.78, 5) is 13.2. The van der Waals surface area contributed by atoms with Crippen molar-refractivity contribution >= 4 is 21.8 Å². The molecular formula is C13H19BrN2O3. The molecule has 1 rings (SSSR count). The molecule has 0 aromatic heterocycles. The number of phenolic OH excluding ortho intramolecular Hbond substituents is 1. The molecule has 1 amide bonds. The maximum atomic E-state index is 11.2. The van der Waals surface area contributed by atoms with E-state index in [9.17, 15) is 9.90 Å². The van der Waals surface area contributed by atoms with Crippen molar-refractivity contribution < 1.29 is 14.6 Å². The van der Waals surface area contributed by atoms with Gasteiger partial charge in [0.05, 0.1) is 11.6 Å². The van der Waals surface area contributed by atoms with Gasteiger partial charge in [-0.15, -0.1) is 0 Å². The van der Waals surface area contributed by atoms with Gasteiger partial charge < -0.3 is 20.1 Å². The summed E-state index contributed by atoms with van der Waals surface area (Å²) in [5.41, 5.74) is 1.00. The van der Waals surface area contributed by atoms with E-state index in [2.05, 4.69) is 21.2 Å². The number of carbonyl (C=O) groups excluding carboxylic acids is 1. The van der Waals surface area contributed by atoms with Crippen molar-refractivity contribution in [3.8, 4) is 11.5 Å². The summed E-state index contributed by atoms with van der Waals surface area (Å²) in [6.45, 7) is 1.34. The van der Waals surface area contributed by atoms with Crippen molar-refractivity contribution in [2.75, 3.05) is 27.7 Å². The first-order valence-electron chi connectivity index (χ1n) is 5.92. The van der Waals surface area contributed by atoms with Crippen molar-refractivity contribution in [2.45, 2.75) is 13.0 Å². The molecule has 0 aliphatic heterocycles. The number of hydrogen-bond donors (Lipinski definition) is 2. The summed E-state index contributed by atoms with van der Waals surface area (Å²) in [5.74, 6) is 0.555. The third-order valence-electron chi connectivity index (χ3n) is 2.76. The van der Waals surface area contributed by atoms with Crippen molar-refractivity contribution in [3.63, 3.8) is 0 Å². The van der Waals surface area contributed by atoms with E-state index in [0.29, 0.717) is 29.7 Å². The molecule has 106 valence electrons. The van der Waals surface area contributed by atoms with Crippen molar-refractivity contribution in [1.29, 1.82) is 0 Å². The molecule has 0 radical (unpaired) electrons. The van der Waals surface area contributed by atoms with E-state index < -0.39 is 0 Å². The van der Waals surface area contributed by atoms with Crippen LogP contribution >= 0.6 is 15.9 Å². The van der Waals surface area contributed by atoms with Crippen molar-refractivity contribution in [3.05, 3.63) is 22.2 Å². The van der Waals surface area contributed by atoms with Gasteiger partial charge in [0.2, 0.25) is 5.91 Å². The summed E-state index contributed by atoms with van der Waals surface area (Å²) >= 11 is 3.29. The summed E-state index contributed by atoms with van der Waals surface area (Å²) < 4.78 is 5.70. The average Bonchev–Trinajstić information content (AvgIpc) is 2.39. The fourth-order valence-corrected chi connectivity index (χ4v) is 2.17. The normalized spacial score (nSPS) is 10.6. The van der Waals surface area contributed by atoms with E-state index in [4.69, 9.17) is 4.74 Å². The molecule has 19 heavy (non-hydrogen) atoms. The SMILES string of the molecule is CNC(=O)CCN(C)Cc1cc(Br)c(O)c(OC)c1. The van der Waals surface area contributed by atoms with E-state index in [1.54, 1.807) is 13.1 Å². The number of amides is 1. The van der Waals surface area contributed by atoms with Crippen LogP contribution in [0, 0.1) is 0 Å². The number of ether oxygens (including phenoxy) is 1. The minimum Gasteiger partial charge on any atom is -0.503 e. The molecule has 0 saturated heterocycles. The van der Waals surface area contributed by atoms with E-state index in [-0.39, 0.29) is 11.7 Å². The Morgan fingerprint density at radius 2 is 2.21 bits per heavy atom. The second kappa shape index (κ2) is 7.35. The van der Waals surface area contributed by atoms with Crippen LogP contribution in [0.1, 0.15) is 12.0 Å². The third kappa shape index (κ3) is 4.72. The van der Waals surface area contributed by atoms with Gasteiger partial charge in [-0.25, -0.2) is 0 Å². The summed E-state index contributed by atoms with van der Waals surface area (Å²) in [6.07, 6.45) is 0.462. The van der Waals surface area contributed by atoms with Gasteiger partial charge in [-0.3, -0.25) is 4.79 Å². The van der Waals surface area contributed by atoms with E-state index >= 15 is 0 Å². The lowest BCUT2D eigenvalue weighted by Crippen LogP contribution is -2.26. The molecule has 0 aliphatic carbocycles. The topological polar surface area (TPSA) is 61.8 Å². The van der Waals surface area contributed by atoms with Crippen molar-refractivity contribution in [2.24, 2.45) is 0 Å². The molecule has 0 atom stereocenters. The maximum absolute atomic E-state index is 11.2. The number of hydrogen-bond acceptors (Lipinski definition) is 4. The molecule has 1 aromatic rings. The number of methoxy groups -OCH3 is 1. The first-order chi connectivity index (χ1) is 8.97. The van der Waals surface area contributed by atoms with Gasteiger partial charge in [-0.1, -0.05) is 0 Å². The predicted octanol–water partition coefficient (Wildman–Crippen LogP) is 1.73. The van der Waals surface area contributed by atoms with E-state index in [1.165, 1.54) is 7.11 Å². The summed E-state index contributed by atoms with van der Waals surface area (Å²) in [5, 5.41) is 12.3. The van der Waals surface area contributed by atoms with Gasteiger partial charge in [0.15, 0.2) is 11.5 Å². The minimum absolute atomic E-state index is 0.0244. The molecule has 2 N–H and O–H groups in total. The van der Waals surface area contributed by atoms with Crippen molar-refractivity contribution in [1.82, 2.24) is 10.2 Å². The van der Waals surface area contributed by atoms with Crippen LogP contribution in [-0.2, 0) is 11.3 Å². The fraction of sp³-hybridized carbons (Fsp3) is 0.462. The standard InChI is InChI=1S/C13H19BrN2O3/c1-15-12(17)4-5-16(2)8-9-6-10(14)13(18)11(7-9)19-3/h6-7,18H,4-5,8H2,1-3H3,(H,15,17). The third-order valence-corrected chi connectivity index (χ3v) is 3.36. The van der Waals surface area contributed by atoms with Gasteiger partial charge in [0, 0.05) is 26.6 Å². The van der Waals surface area contributed by atoms with Crippen LogP contribution in [0.5, 0.6) is 11.5 Å². The van der Waals surface area contributed by atoms with Crippen LogP contribution in [0.4, 0.5) is 0 Å². The predicted molar refractivity (Wildman–Crippen MR) is 77.4 cm³/mol. The molecular weight excluding hydrogens is 312 g/mol. The molecule has 0 fully saturated rings. The first-order valence-corrected chi connectivity index (χ1v) is 6.71. The Labute approximate surface area is 121 Å². The zero-order valence-electron chi connectivity index (χ0n) is 11.4. The number of rotatable bonds is 6. The Morgan fingerprint density at radius 3 is 2.79 bits per heavy atom. The zero-order valence-corrected chi connectivity index (χ0v) is 13.0. The Balaban J connectivity index is 2.66. The first kappa shape index (κ1) is 15.8. The van der Waals surface area contributed by atoms with Crippen LogP contribution in [0.25, 0.3) is 0 Å². The lowest BCUT2D eigenvalue weighted by Gasteiger charge is -2.17. The molecule has 0 heterocycles. The van der Waals surface area contributed by atoms with Gasteiger partial charge in [0.1, 0.15) is 0 Å². The lowest BCUT2D eigenvalue weighted by atomic mass is 10.2. The molecule has 5 nitrogen and oxygen atoms in total. The van der Waals surface area contributed by atoms with Crippen LogP contribution in [0.2, 0.25) is 0 Å². The average molecular weight is 331 g/mol. The highest BCUT2D eigenvalue weighted by atomic mass is 79.9. The molecule has 0 saturated carbocycles. The summed E-state index contributed by atoms with van der Waals surface area (Å²) in [6, 6.07) is 3.63. The molecule has 1 aromatic carbocycles. The molecule has 0 aliphatic rings. The van der Waals surface area contributed by atoms with Gasteiger partial charge in [0.25, 0.3) is 0 Å². The smallest absolute Gasteiger partial charge is 0.221 e. The minimum atomic E-state index is 0.0244. The second-order valence-electron chi connectivity index (χ2n) is 4.29. The number of carbonyl (C=O) groups is 1. The lowest BCUT2D eigenvalue weighted by molar-refractivity contribution is -0.120. The maximum Gasteiger partial charge on any atom is 0.221 e. The van der Waals surface area contributed by atoms with Gasteiger partial charge in [-0.2, -0.15) is 0 Å². The number of nitrogens with one attached hydrogen (secondary N) is 1. The van der Waals surface area contributed by atoms with Crippen LogP contribution in [0.3, 0.4) is 0 Å². The number of benzene rings is 1. The molecule has 6 heteroatoms. The number of nitrogens with zero attached hydrogens (tertiary/aromatic N) is 1. The summed E-state index contributed by atoms with van der Waals surface area (Å²) in [7, 11) is 5.08. The highest BCUT2D eigenvalue weighted by molar-refractivity contribution is 9.10. The molecule has 0 spiro atoms. The second-order valence-corrected chi connectivity index (χ2v) is 5.14. The van der Waals surface area contributed by atoms with Gasteiger partial charge in [-0.05, 0) is 40.7 Å². The Kier molecular flexibility index (Phi) is 6.11. The van der Waals surface area contributed by atoms with E-state index in [0.717, 1.165) is 5.56 Å². The van der Waals surface area contributed by atoms with Crippen LogP contribution in [-0.4, -0.2) is 43.7 Å². The Bertz CT molecular complexity index is 452. The highest BCUT2D eigenvalue weighted by Gasteiger charge is 2.10. The number of halogens is 1. The Morgan fingerprint density at radius 1 is 1.53 bits per heavy atom. The highest BCUT2D eigenvalue weighted by Crippen LogP contribution is 2.35. The zero-order chi connectivity index (χ0) is 14.4. The Hall–Kier alpha value is -1.27. The van der Waals surface area contributed by atoms with E-state index in [1.807, 2.05) is 18.0 Å². The largest absolute Gasteiger partial charge is 0.503 e. The monoisotopic (exact) mass is 330 g/mol. The molecule has 0 unspecified atom stereocenters. The number of aromatic hydroxyl groups is 1. The molecule has 0 bridgehead atoms. The van der Waals surface area contributed by atoms with Gasteiger partial charge >= 0.3 is 0 Å².